The van der Waals surface area contributed by atoms with Gasteiger partial charge in [-0.25, -0.2) is 0 Å². The van der Waals surface area contributed by atoms with E-state index in [0.29, 0.717) is 6.79 Å². The van der Waals surface area contributed by atoms with Crippen molar-refractivity contribution in [2.45, 2.75) is 90.4 Å². The highest BCUT2D eigenvalue weighted by Crippen LogP contribution is 2.07. The normalized spacial score (nSPS) is 11.6. The molecule has 0 aliphatic carbocycles. The maximum Gasteiger partial charge on any atom is 0.146 e. The second-order valence-corrected chi connectivity index (χ2v) is 6.59. The van der Waals surface area contributed by atoms with E-state index in [0.717, 1.165) is 31.9 Å². The van der Waals surface area contributed by atoms with Crippen molar-refractivity contribution in [3.63, 3.8) is 0 Å². The van der Waals surface area contributed by atoms with Gasteiger partial charge in [-0.15, -0.1) is 11.6 Å². The fourth-order valence-corrected chi connectivity index (χ4v) is 2.62. The van der Waals surface area contributed by atoms with Crippen LogP contribution in [-0.4, -0.2) is 25.9 Å². The van der Waals surface area contributed by atoms with Crippen LogP contribution < -0.4 is 0 Å². The van der Waals surface area contributed by atoms with Crippen molar-refractivity contribution in [3.8, 4) is 0 Å². The van der Waals surface area contributed by atoms with Gasteiger partial charge in [-0.1, -0.05) is 70.4 Å². The summed E-state index contributed by atoms with van der Waals surface area (Å²) in [7, 11) is 0. The van der Waals surface area contributed by atoms with Crippen molar-refractivity contribution in [1.82, 2.24) is 0 Å². The third-order valence-corrected chi connectivity index (χ3v) is 4.18. The summed E-state index contributed by atoms with van der Waals surface area (Å²) in [6.45, 7) is 4.31. The minimum atomic E-state index is 0.447. The van der Waals surface area contributed by atoms with Gasteiger partial charge in [0.15, 0.2) is 0 Å². The number of alkyl halides is 1. The van der Waals surface area contributed by atoms with Crippen LogP contribution in [0.15, 0.2) is 12.2 Å². The first kappa shape index (κ1) is 22.9. The molecule has 0 aromatic heterocycles. The Hall–Kier alpha value is -0.0500. The van der Waals surface area contributed by atoms with Gasteiger partial charge in [0.1, 0.15) is 6.79 Å². The van der Waals surface area contributed by atoms with Gasteiger partial charge in [0.05, 0.1) is 6.61 Å². The lowest BCUT2D eigenvalue weighted by Gasteiger charge is -2.05. The lowest BCUT2D eigenvalue weighted by atomic mass is 10.1. The van der Waals surface area contributed by atoms with Crippen molar-refractivity contribution in [1.29, 1.82) is 0 Å². The second-order valence-electron chi connectivity index (χ2n) is 6.21. The molecule has 23 heavy (non-hydrogen) atoms. The Morgan fingerprint density at radius 3 is 2.04 bits per heavy atom. The predicted molar refractivity (Wildman–Crippen MR) is 102 cm³/mol. The molecule has 0 fully saturated rings. The molecule has 0 saturated carbocycles. The zero-order chi connectivity index (χ0) is 16.8. The summed E-state index contributed by atoms with van der Waals surface area (Å²) < 4.78 is 11.0. The van der Waals surface area contributed by atoms with Crippen molar-refractivity contribution < 1.29 is 9.47 Å². The lowest BCUT2D eigenvalue weighted by Crippen LogP contribution is -2.02. The standard InChI is InChI=1S/C20H39ClO2/c1-2-3-4-5-9-12-15-18-22-20-23-19-16-13-10-7-6-8-11-14-17-21/h10,13H,2-9,11-12,14-20H2,1H3. The molecule has 0 saturated heterocycles. The van der Waals surface area contributed by atoms with Gasteiger partial charge in [-0.05, 0) is 32.1 Å². The third kappa shape index (κ3) is 21.9. The lowest BCUT2D eigenvalue weighted by molar-refractivity contribution is -0.0531. The molecule has 2 nitrogen and oxygen atoms in total. The highest BCUT2D eigenvalue weighted by Gasteiger charge is 1.92. The van der Waals surface area contributed by atoms with E-state index < -0.39 is 0 Å². The summed E-state index contributed by atoms with van der Waals surface area (Å²) in [5.41, 5.74) is 0. The molecule has 0 aliphatic rings. The summed E-state index contributed by atoms with van der Waals surface area (Å²) in [6.07, 6.45) is 20.9. The number of hydrogen-bond donors (Lipinski definition) is 0. The molecule has 0 heterocycles. The minimum absolute atomic E-state index is 0.447. The van der Waals surface area contributed by atoms with Crippen LogP contribution in [0.4, 0.5) is 0 Å². The molecule has 3 heteroatoms. The number of ether oxygens (including phenoxy) is 2. The van der Waals surface area contributed by atoms with E-state index in [1.165, 1.54) is 70.6 Å². The van der Waals surface area contributed by atoms with Crippen molar-refractivity contribution in [2.24, 2.45) is 0 Å². The molecule has 0 aliphatic heterocycles. The van der Waals surface area contributed by atoms with E-state index in [9.17, 15) is 0 Å². The molecule has 0 unspecified atom stereocenters. The molecular formula is C20H39ClO2. The minimum Gasteiger partial charge on any atom is -0.355 e. The number of unbranched alkanes of at least 4 members (excludes halogenated alkanes) is 10. The Kier molecular flexibility index (Phi) is 21.9. The van der Waals surface area contributed by atoms with Crippen LogP contribution in [0.2, 0.25) is 0 Å². The van der Waals surface area contributed by atoms with Gasteiger partial charge in [-0.3, -0.25) is 0 Å². The van der Waals surface area contributed by atoms with E-state index in [-0.39, 0.29) is 0 Å². The quantitative estimate of drug-likeness (QED) is 0.110. The van der Waals surface area contributed by atoms with Crippen molar-refractivity contribution in [3.05, 3.63) is 12.2 Å². The number of rotatable bonds is 19. The molecule has 0 radical (unpaired) electrons. The topological polar surface area (TPSA) is 18.5 Å². The molecular weight excluding hydrogens is 308 g/mol. The zero-order valence-electron chi connectivity index (χ0n) is 15.4. The molecule has 0 aromatic carbocycles. The van der Waals surface area contributed by atoms with Gasteiger partial charge in [0, 0.05) is 12.5 Å². The SMILES string of the molecule is CCCCCCCCCOCOCCC=CCCCCCCCl. The van der Waals surface area contributed by atoms with Gasteiger partial charge < -0.3 is 9.47 Å². The summed E-state index contributed by atoms with van der Waals surface area (Å²) in [5, 5.41) is 0. The molecule has 0 bridgehead atoms. The number of hydrogen-bond acceptors (Lipinski definition) is 2. The Balaban J connectivity index is 3.02. The van der Waals surface area contributed by atoms with Crippen molar-refractivity contribution >= 4 is 11.6 Å². The highest BCUT2D eigenvalue weighted by atomic mass is 35.5. The zero-order valence-corrected chi connectivity index (χ0v) is 16.1. The molecule has 0 aromatic rings. The number of halogens is 1. The van der Waals surface area contributed by atoms with Crippen LogP contribution in [0.3, 0.4) is 0 Å². The molecule has 0 atom stereocenters. The molecule has 138 valence electrons. The largest absolute Gasteiger partial charge is 0.355 e. The van der Waals surface area contributed by atoms with E-state index in [1.807, 2.05) is 0 Å². The fraction of sp³-hybridized carbons (Fsp3) is 0.900. The number of allylic oxidation sites excluding steroid dienone is 1. The Bertz CT molecular complexity index is 232. The fourth-order valence-electron chi connectivity index (χ4n) is 2.44. The molecule has 0 amide bonds. The summed E-state index contributed by atoms with van der Waals surface area (Å²) in [4.78, 5) is 0. The second kappa shape index (κ2) is 21.9. The first-order valence-corrected chi connectivity index (χ1v) is 10.3. The Morgan fingerprint density at radius 2 is 1.26 bits per heavy atom. The average Bonchev–Trinajstić information content (AvgIpc) is 2.57. The van der Waals surface area contributed by atoms with E-state index in [2.05, 4.69) is 19.1 Å². The van der Waals surface area contributed by atoms with Gasteiger partial charge in [0.25, 0.3) is 0 Å². The van der Waals surface area contributed by atoms with Crippen LogP contribution in [0.1, 0.15) is 90.4 Å². The van der Waals surface area contributed by atoms with Crippen LogP contribution in [-0.2, 0) is 9.47 Å². The monoisotopic (exact) mass is 346 g/mol. The Labute approximate surface area is 150 Å². The Morgan fingerprint density at radius 1 is 0.652 bits per heavy atom. The molecule has 0 rings (SSSR count). The van der Waals surface area contributed by atoms with Crippen LogP contribution in [0.5, 0.6) is 0 Å². The van der Waals surface area contributed by atoms with Crippen LogP contribution in [0.25, 0.3) is 0 Å². The van der Waals surface area contributed by atoms with Gasteiger partial charge in [-0.2, -0.15) is 0 Å². The smallest absolute Gasteiger partial charge is 0.146 e. The summed E-state index contributed by atoms with van der Waals surface area (Å²) in [6, 6.07) is 0. The average molecular weight is 347 g/mol. The predicted octanol–water partition coefficient (Wildman–Crippen LogP) is 6.86. The third-order valence-electron chi connectivity index (χ3n) is 3.91. The maximum atomic E-state index is 5.64. The van der Waals surface area contributed by atoms with E-state index in [4.69, 9.17) is 21.1 Å². The first-order valence-electron chi connectivity index (χ1n) is 9.78. The summed E-state index contributed by atoms with van der Waals surface area (Å²) >= 11 is 5.64. The highest BCUT2D eigenvalue weighted by molar-refractivity contribution is 6.17. The van der Waals surface area contributed by atoms with E-state index >= 15 is 0 Å². The maximum absolute atomic E-state index is 5.64. The van der Waals surface area contributed by atoms with Gasteiger partial charge >= 0.3 is 0 Å². The van der Waals surface area contributed by atoms with Crippen molar-refractivity contribution in [2.75, 3.05) is 25.9 Å². The van der Waals surface area contributed by atoms with Crippen LogP contribution >= 0.6 is 11.6 Å². The first-order chi connectivity index (χ1) is 11.4. The van der Waals surface area contributed by atoms with Gasteiger partial charge in [0.2, 0.25) is 0 Å². The summed E-state index contributed by atoms with van der Waals surface area (Å²) in [5.74, 6) is 0.800. The molecule has 0 N–H and O–H groups in total. The molecule has 0 spiro atoms. The van der Waals surface area contributed by atoms with Crippen LogP contribution in [0, 0.1) is 0 Å². The van der Waals surface area contributed by atoms with E-state index in [1.54, 1.807) is 0 Å².